The monoisotopic (exact) mass is 466 g/mol. The Balaban J connectivity index is 1.60. The number of hydrogen-bond donors (Lipinski definition) is 2. The largest absolute Gasteiger partial charge is 0.508 e. The summed E-state index contributed by atoms with van der Waals surface area (Å²) in [6, 6.07) is 17.6. The Morgan fingerprint density at radius 3 is 2.65 bits per heavy atom. The minimum absolute atomic E-state index is 0.00962. The van der Waals surface area contributed by atoms with E-state index in [-0.39, 0.29) is 23.8 Å². The predicted molar refractivity (Wildman–Crippen MR) is 134 cm³/mol. The number of piperidine rings is 1. The fourth-order valence-corrected chi connectivity index (χ4v) is 4.89. The van der Waals surface area contributed by atoms with E-state index in [1.165, 1.54) is 5.56 Å². The van der Waals surface area contributed by atoms with Gasteiger partial charge in [0.15, 0.2) is 0 Å². The highest BCUT2D eigenvalue weighted by molar-refractivity contribution is 5.83. The van der Waals surface area contributed by atoms with E-state index in [4.69, 9.17) is 4.74 Å². The van der Waals surface area contributed by atoms with Gasteiger partial charge in [0, 0.05) is 12.5 Å². The van der Waals surface area contributed by atoms with E-state index < -0.39 is 5.97 Å². The van der Waals surface area contributed by atoms with Crippen LogP contribution in [0.2, 0.25) is 0 Å². The third-order valence-corrected chi connectivity index (χ3v) is 7.27. The molecule has 2 aromatic rings. The van der Waals surface area contributed by atoms with Crippen molar-refractivity contribution < 1.29 is 19.4 Å². The molecule has 34 heavy (non-hydrogen) atoms. The number of phenolic OH excluding ortho intramolecular Hbond substituents is 1. The van der Waals surface area contributed by atoms with Crippen LogP contribution in [-0.4, -0.2) is 54.7 Å². The van der Waals surface area contributed by atoms with Crippen LogP contribution in [0.4, 0.5) is 0 Å². The number of benzene rings is 2. The molecule has 3 atom stereocenters. The summed E-state index contributed by atoms with van der Waals surface area (Å²) in [7, 11) is 0. The molecule has 1 saturated heterocycles. The van der Waals surface area contributed by atoms with E-state index in [0.29, 0.717) is 24.7 Å². The van der Waals surface area contributed by atoms with Crippen LogP contribution in [0.5, 0.6) is 5.75 Å². The summed E-state index contributed by atoms with van der Waals surface area (Å²) < 4.78 is 4.94. The zero-order valence-electron chi connectivity index (χ0n) is 20.6. The van der Waals surface area contributed by atoms with Crippen LogP contribution in [-0.2, 0) is 26.2 Å². The topological polar surface area (TPSA) is 78.9 Å². The van der Waals surface area contributed by atoms with Crippen LogP contribution >= 0.6 is 0 Å². The van der Waals surface area contributed by atoms with Gasteiger partial charge in [-0.25, -0.2) is 0 Å². The average Bonchev–Trinajstić information content (AvgIpc) is 2.83. The number of carbonyl (C=O) groups excluding carboxylic acids is 2. The summed E-state index contributed by atoms with van der Waals surface area (Å²) in [5, 5.41) is 12.7. The van der Waals surface area contributed by atoms with Crippen LogP contribution in [0.25, 0.3) is 0 Å². The van der Waals surface area contributed by atoms with E-state index >= 15 is 0 Å². The second kappa shape index (κ2) is 12.0. The molecular formula is C28H38N2O4. The van der Waals surface area contributed by atoms with Crippen LogP contribution in [0.3, 0.4) is 0 Å². The van der Waals surface area contributed by atoms with Crippen molar-refractivity contribution >= 4 is 11.9 Å². The molecular weight excluding hydrogens is 428 g/mol. The Morgan fingerprint density at radius 1 is 1.21 bits per heavy atom. The SMILES string of the molecule is CCOC(=O)CNC(=O)C(CCN1CCC(C)(c2cccc(O)c2)C(C)C1)Cc1ccccc1. The van der Waals surface area contributed by atoms with Crippen LogP contribution in [0.1, 0.15) is 44.7 Å². The van der Waals surface area contributed by atoms with E-state index in [1.54, 1.807) is 13.0 Å². The highest BCUT2D eigenvalue weighted by Crippen LogP contribution is 2.40. The number of esters is 1. The van der Waals surface area contributed by atoms with Gasteiger partial charge in [0.2, 0.25) is 5.91 Å². The number of phenols is 1. The molecule has 2 aromatic carbocycles. The number of likely N-dealkylation sites (tertiary alicyclic amines) is 1. The van der Waals surface area contributed by atoms with Gasteiger partial charge < -0.3 is 20.1 Å². The van der Waals surface area contributed by atoms with Crippen molar-refractivity contribution in [2.24, 2.45) is 11.8 Å². The van der Waals surface area contributed by atoms with Crippen LogP contribution in [0, 0.1) is 11.8 Å². The Morgan fingerprint density at radius 2 is 1.97 bits per heavy atom. The molecule has 0 radical (unpaired) electrons. The quantitative estimate of drug-likeness (QED) is 0.519. The highest BCUT2D eigenvalue weighted by Gasteiger charge is 2.38. The number of aromatic hydroxyl groups is 1. The van der Waals surface area contributed by atoms with Crippen molar-refractivity contribution in [1.29, 1.82) is 0 Å². The fraction of sp³-hybridized carbons (Fsp3) is 0.500. The number of rotatable bonds is 10. The molecule has 1 amide bonds. The molecule has 184 valence electrons. The van der Waals surface area contributed by atoms with Crippen LogP contribution in [0.15, 0.2) is 54.6 Å². The molecule has 0 bridgehead atoms. The first-order chi connectivity index (χ1) is 16.3. The molecule has 1 heterocycles. The van der Waals surface area contributed by atoms with Crippen molar-refractivity contribution in [2.45, 2.75) is 45.4 Å². The van der Waals surface area contributed by atoms with Gasteiger partial charge in [-0.05, 0) is 73.9 Å². The number of ether oxygens (including phenoxy) is 1. The Labute approximate surface area is 203 Å². The Bertz CT molecular complexity index is 948. The smallest absolute Gasteiger partial charge is 0.325 e. The lowest BCUT2D eigenvalue weighted by Crippen LogP contribution is -2.48. The summed E-state index contributed by atoms with van der Waals surface area (Å²) in [6.45, 7) is 9.22. The minimum Gasteiger partial charge on any atom is -0.508 e. The summed E-state index contributed by atoms with van der Waals surface area (Å²) in [4.78, 5) is 27.1. The van der Waals surface area contributed by atoms with E-state index in [0.717, 1.165) is 38.0 Å². The lowest BCUT2D eigenvalue weighted by Gasteiger charge is -2.45. The van der Waals surface area contributed by atoms with Gasteiger partial charge >= 0.3 is 5.97 Å². The lowest BCUT2D eigenvalue weighted by atomic mass is 9.68. The first-order valence-corrected chi connectivity index (χ1v) is 12.3. The second-order valence-corrected chi connectivity index (χ2v) is 9.62. The number of carbonyl (C=O) groups is 2. The molecule has 0 spiro atoms. The molecule has 1 aliphatic heterocycles. The average molecular weight is 467 g/mol. The molecule has 6 nitrogen and oxygen atoms in total. The summed E-state index contributed by atoms with van der Waals surface area (Å²) in [5.74, 6) is -0.0114. The van der Waals surface area contributed by atoms with Gasteiger partial charge in [-0.1, -0.05) is 56.3 Å². The normalized spacial score (nSPS) is 21.6. The highest BCUT2D eigenvalue weighted by atomic mass is 16.5. The lowest BCUT2D eigenvalue weighted by molar-refractivity contribution is -0.143. The van der Waals surface area contributed by atoms with Crippen molar-refractivity contribution in [2.75, 3.05) is 32.8 Å². The third-order valence-electron chi connectivity index (χ3n) is 7.27. The van der Waals surface area contributed by atoms with Gasteiger partial charge in [0.05, 0.1) is 6.61 Å². The van der Waals surface area contributed by atoms with Gasteiger partial charge in [-0.3, -0.25) is 9.59 Å². The predicted octanol–water partition coefficient (Wildman–Crippen LogP) is 3.92. The maximum Gasteiger partial charge on any atom is 0.325 e. The van der Waals surface area contributed by atoms with Crippen molar-refractivity contribution in [3.8, 4) is 5.75 Å². The van der Waals surface area contributed by atoms with E-state index in [1.807, 2.05) is 42.5 Å². The minimum atomic E-state index is -0.412. The number of amides is 1. The molecule has 1 fully saturated rings. The zero-order chi connectivity index (χ0) is 24.6. The summed E-state index contributed by atoms with van der Waals surface area (Å²) >= 11 is 0. The van der Waals surface area contributed by atoms with E-state index in [2.05, 4.69) is 30.1 Å². The maximum absolute atomic E-state index is 13.0. The Kier molecular flexibility index (Phi) is 9.11. The van der Waals surface area contributed by atoms with Crippen molar-refractivity contribution in [1.82, 2.24) is 10.2 Å². The Hall–Kier alpha value is -2.86. The van der Waals surface area contributed by atoms with E-state index in [9.17, 15) is 14.7 Å². The molecule has 6 heteroatoms. The molecule has 0 aliphatic carbocycles. The summed E-state index contributed by atoms with van der Waals surface area (Å²) in [6.07, 6.45) is 2.36. The zero-order valence-corrected chi connectivity index (χ0v) is 20.6. The first-order valence-electron chi connectivity index (χ1n) is 12.3. The standard InChI is InChI=1S/C28H38N2O4/c1-4-34-26(32)19-29-27(33)23(17-22-9-6-5-7-10-22)13-15-30-16-14-28(3,21(2)20-30)24-11-8-12-25(31)18-24/h5-12,18,21,23,31H,4,13-17,19-20H2,1-3H3,(H,29,33). The third kappa shape index (κ3) is 6.83. The van der Waals surface area contributed by atoms with Crippen molar-refractivity contribution in [3.63, 3.8) is 0 Å². The van der Waals surface area contributed by atoms with Gasteiger partial charge in [-0.2, -0.15) is 0 Å². The van der Waals surface area contributed by atoms with Gasteiger partial charge in [0.25, 0.3) is 0 Å². The fourth-order valence-electron chi connectivity index (χ4n) is 4.89. The number of nitrogens with one attached hydrogen (secondary N) is 1. The number of hydrogen-bond acceptors (Lipinski definition) is 5. The molecule has 0 saturated carbocycles. The summed E-state index contributed by atoms with van der Waals surface area (Å²) in [5.41, 5.74) is 2.30. The molecule has 3 unspecified atom stereocenters. The number of nitrogens with zero attached hydrogens (tertiary/aromatic N) is 1. The maximum atomic E-state index is 13.0. The molecule has 1 aliphatic rings. The van der Waals surface area contributed by atoms with Gasteiger partial charge in [-0.15, -0.1) is 0 Å². The first kappa shape index (κ1) is 25.8. The van der Waals surface area contributed by atoms with Crippen LogP contribution < -0.4 is 5.32 Å². The van der Waals surface area contributed by atoms with Crippen molar-refractivity contribution in [3.05, 3.63) is 65.7 Å². The molecule has 3 rings (SSSR count). The molecule has 2 N–H and O–H groups in total. The van der Waals surface area contributed by atoms with Gasteiger partial charge in [0.1, 0.15) is 12.3 Å². The second-order valence-electron chi connectivity index (χ2n) is 9.62. The molecule has 0 aromatic heterocycles.